The van der Waals surface area contributed by atoms with Gasteiger partial charge in [0.25, 0.3) is 0 Å². The summed E-state index contributed by atoms with van der Waals surface area (Å²) in [6.07, 6.45) is 4.49. The Labute approximate surface area is 142 Å². The highest BCUT2D eigenvalue weighted by molar-refractivity contribution is 14.1. The second kappa shape index (κ2) is 7.49. The molecule has 0 radical (unpaired) electrons. The number of hydrogen-bond acceptors (Lipinski definition) is 3. The van der Waals surface area contributed by atoms with E-state index in [-0.39, 0.29) is 15.6 Å². The zero-order valence-corrected chi connectivity index (χ0v) is 14.9. The van der Waals surface area contributed by atoms with Crippen LogP contribution >= 0.6 is 34.4 Å². The van der Waals surface area contributed by atoms with Crippen molar-refractivity contribution in [2.75, 3.05) is 18.7 Å². The van der Waals surface area contributed by atoms with Crippen LogP contribution in [0.25, 0.3) is 5.70 Å². The van der Waals surface area contributed by atoms with Gasteiger partial charge >= 0.3 is 0 Å². The molecule has 1 aromatic carbocycles. The first-order chi connectivity index (χ1) is 10.1. The lowest BCUT2D eigenvalue weighted by atomic mass is 10.0. The van der Waals surface area contributed by atoms with Crippen molar-refractivity contribution in [3.05, 3.63) is 35.7 Å². The molecule has 3 nitrogen and oxygen atoms in total. The summed E-state index contributed by atoms with van der Waals surface area (Å²) in [6, 6.07) is 4.80. The molecule has 1 amide bonds. The number of thioether (sulfide) groups is 1. The van der Waals surface area contributed by atoms with Crippen molar-refractivity contribution >= 4 is 46.0 Å². The topological polar surface area (TPSA) is 29.5 Å². The summed E-state index contributed by atoms with van der Waals surface area (Å²) in [7, 11) is 0. The van der Waals surface area contributed by atoms with Gasteiger partial charge in [0, 0.05) is 23.9 Å². The number of alkyl halides is 1. The molecule has 1 unspecified atom stereocenters. The molecule has 0 spiro atoms. The lowest BCUT2D eigenvalue weighted by Gasteiger charge is -2.30. The fourth-order valence-electron chi connectivity index (χ4n) is 2.22. The lowest BCUT2D eigenvalue weighted by Crippen LogP contribution is -2.38. The Morgan fingerprint density at radius 3 is 2.90 bits per heavy atom. The van der Waals surface area contributed by atoms with Gasteiger partial charge in [0.1, 0.15) is 17.5 Å². The van der Waals surface area contributed by atoms with Gasteiger partial charge < -0.3 is 9.64 Å². The summed E-state index contributed by atoms with van der Waals surface area (Å²) in [6.45, 7) is 2.43. The molecule has 1 aliphatic heterocycles. The van der Waals surface area contributed by atoms with Gasteiger partial charge in [-0.15, -0.1) is 11.8 Å². The number of nitrogens with zero attached hydrogens (tertiary/aromatic N) is 1. The van der Waals surface area contributed by atoms with E-state index in [1.807, 2.05) is 19.3 Å². The fraction of sp³-hybridized carbons (Fsp3) is 0.400. The van der Waals surface area contributed by atoms with E-state index in [0.29, 0.717) is 35.9 Å². The highest BCUT2D eigenvalue weighted by atomic mass is 127. The van der Waals surface area contributed by atoms with Crippen molar-refractivity contribution in [1.82, 2.24) is 4.90 Å². The molecule has 0 saturated heterocycles. The maximum Gasteiger partial charge on any atom is 0.240 e. The molecule has 0 bridgehead atoms. The number of halogens is 2. The summed E-state index contributed by atoms with van der Waals surface area (Å²) in [5.41, 5.74) is 1.11. The Bertz CT molecular complexity index is 565. The third kappa shape index (κ3) is 3.71. The Kier molecular flexibility index (Phi) is 5.92. The highest BCUT2D eigenvalue weighted by Gasteiger charge is 2.29. The number of allylic oxidation sites excluding steroid dienone is 1. The second-order valence-electron chi connectivity index (χ2n) is 4.57. The zero-order valence-electron chi connectivity index (χ0n) is 11.9. The van der Waals surface area contributed by atoms with Gasteiger partial charge in [-0.1, -0.05) is 28.7 Å². The van der Waals surface area contributed by atoms with E-state index in [1.165, 1.54) is 17.8 Å². The minimum Gasteiger partial charge on any atom is -0.483 e. The number of carbonyl (C=O) groups excluding carboxylic acids is 1. The standard InChI is InChI=1S/C15H17FINO2S/c1-3-18-14(7-6-13(17)15(18)19)11-5-4-10(8-12(11)16)20-9-21-2/h4-5,7-8,13H,3,6,9H2,1-2H3. The Hall–Kier alpha value is -0.760. The van der Waals surface area contributed by atoms with Crippen molar-refractivity contribution in [2.45, 2.75) is 17.3 Å². The first-order valence-corrected chi connectivity index (χ1v) is 9.29. The molecule has 0 N–H and O–H groups in total. The maximum atomic E-state index is 14.3. The summed E-state index contributed by atoms with van der Waals surface area (Å²) in [4.78, 5) is 13.8. The zero-order chi connectivity index (χ0) is 15.4. The third-order valence-corrected chi connectivity index (χ3v) is 4.61. The largest absolute Gasteiger partial charge is 0.483 e. The number of hydrogen-bond donors (Lipinski definition) is 0. The smallest absolute Gasteiger partial charge is 0.240 e. The van der Waals surface area contributed by atoms with Gasteiger partial charge in [-0.3, -0.25) is 4.79 Å². The van der Waals surface area contributed by atoms with Crippen molar-refractivity contribution in [3.63, 3.8) is 0 Å². The van der Waals surface area contributed by atoms with E-state index in [4.69, 9.17) is 4.74 Å². The van der Waals surface area contributed by atoms with Crippen LogP contribution in [0, 0.1) is 5.82 Å². The normalized spacial score (nSPS) is 18.7. The molecular formula is C15H17FINO2S. The first-order valence-electron chi connectivity index (χ1n) is 6.65. The Balaban J connectivity index is 2.30. The second-order valence-corrected chi connectivity index (χ2v) is 6.88. The van der Waals surface area contributed by atoms with Gasteiger partial charge in [0.05, 0.1) is 3.92 Å². The SMILES string of the molecule is CCN1C(=O)C(I)CC=C1c1ccc(OCSC)cc1F. The van der Waals surface area contributed by atoms with Crippen LogP contribution in [0.5, 0.6) is 5.75 Å². The molecule has 1 aromatic rings. The molecule has 1 aliphatic rings. The molecule has 6 heteroatoms. The van der Waals surface area contributed by atoms with Gasteiger partial charge in [-0.05, 0) is 31.7 Å². The highest BCUT2D eigenvalue weighted by Crippen LogP contribution is 2.31. The van der Waals surface area contributed by atoms with Gasteiger partial charge in [-0.25, -0.2) is 4.39 Å². The summed E-state index contributed by atoms with van der Waals surface area (Å²) in [5, 5.41) is 0. The summed E-state index contributed by atoms with van der Waals surface area (Å²) < 4.78 is 19.6. The van der Waals surface area contributed by atoms with Crippen LogP contribution in [-0.2, 0) is 4.79 Å². The lowest BCUT2D eigenvalue weighted by molar-refractivity contribution is -0.127. The number of rotatable bonds is 5. The minimum atomic E-state index is -0.363. The maximum absolute atomic E-state index is 14.3. The minimum absolute atomic E-state index is 0.0395. The molecule has 0 aromatic heterocycles. The Morgan fingerprint density at radius 2 is 2.29 bits per heavy atom. The Morgan fingerprint density at radius 1 is 1.52 bits per heavy atom. The van der Waals surface area contributed by atoms with E-state index < -0.39 is 0 Å². The number of ether oxygens (including phenoxy) is 1. The summed E-state index contributed by atoms with van der Waals surface area (Å²) in [5.74, 6) is 0.663. The molecule has 1 heterocycles. The van der Waals surface area contributed by atoms with Crippen molar-refractivity contribution < 1.29 is 13.9 Å². The van der Waals surface area contributed by atoms with E-state index in [9.17, 15) is 9.18 Å². The van der Waals surface area contributed by atoms with Crippen LogP contribution in [0.15, 0.2) is 24.3 Å². The molecule has 2 rings (SSSR count). The van der Waals surface area contributed by atoms with E-state index in [2.05, 4.69) is 22.6 Å². The molecule has 114 valence electrons. The molecule has 21 heavy (non-hydrogen) atoms. The van der Waals surface area contributed by atoms with Crippen LogP contribution in [-0.4, -0.2) is 33.5 Å². The van der Waals surface area contributed by atoms with Crippen molar-refractivity contribution in [3.8, 4) is 5.75 Å². The van der Waals surface area contributed by atoms with Gasteiger partial charge in [-0.2, -0.15) is 0 Å². The number of carbonyl (C=O) groups is 1. The quantitative estimate of drug-likeness (QED) is 0.410. The molecule has 1 atom stereocenters. The van der Waals surface area contributed by atoms with Crippen LogP contribution in [0.3, 0.4) is 0 Å². The predicted octanol–water partition coefficient (Wildman–Crippen LogP) is 3.92. The molecular weight excluding hydrogens is 404 g/mol. The third-order valence-electron chi connectivity index (χ3n) is 3.22. The molecule has 0 fully saturated rings. The van der Waals surface area contributed by atoms with Crippen LogP contribution in [0.1, 0.15) is 18.9 Å². The van der Waals surface area contributed by atoms with Crippen LogP contribution < -0.4 is 4.74 Å². The van der Waals surface area contributed by atoms with Gasteiger partial charge in [0.15, 0.2) is 0 Å². The molecule has 0 aliphatic carbocycles. The average Bonchev–Trinajstić information content (AvgIpc) is 2.48. The van der Waals surface area contributed by atoms with E-state index in [0.717, 1.165) is 0 Å². The average molecular weight is 421 g/mol. The van der Waals surface area contributed by atoms with Crippen molar-refractivity contribution in [2.24, 2.45) is 0 Å². The number of benzene rings is 1. The van der Waals surface area contributed by atoms with Gasteiger partial charge in [0.2, 0.25) is 5.91 Å². The van der Waals surface area contributed by atoms with Crippen molar-refractivity contribution in [1.29, 1.82) is 0 Å². The van der Waals surface area contributed by atoms with Crippen LogP contribution in [0.4, 0.5) is 4.39 Å². The molecule has 0 saturated carbocycles. The monoisotopic (exact) mass is 421 g/mol. The van der Waals surface area contributed by atoms with E-state index >= 15 is 0 Å². The fourth-order valence-corrected chi connectivity index (χ4v) is 3.06. The number of amides is 1. The first kappa shape index (κ1) is 16.6. The van der Waals surface area contributed by atoms with Crippen LogP contribution in [0.2, 0.25) is 0 Å². The van der Waals surface area contributed by atoms with E-state index in [1.54, 1.807) is 17.0 Å². The summed E-state index contributed by atoms with van der Waals surface area (Å²) >= 11 is 3.66. The predicted molar refractivity (Wildman–Crippen MR) is 93.2 cm³/mol.